The van der Waals surface area contributed by atoms with Gasteiger partial charge < -0.3 is 19.4 Å². The first-order valence-electron chi connectivity index (χ1n) is 20.0. The summed E-state index contributed by atoms with van der Waals surface area (Å²) in [6, 6.07) is 11.6. The third kappa shape index (κ3) is 6.72. The van der Waals surface area contributed by atoms with E-state index in [1.807, 2.05) is 14.1 Å². The van der Waals surface area contributed by atoms with Gasteiger partial charge in [0.2, 0.25) is 11.8 Å². The fourth-order valence-electron chi connectivity index (χ4n) is 9.79. The Labute approximate surface area is 322 Å². The van der Waals surface area contributed by atoms with Crippen LogP contribution in [-0.4, -0.2) is 127 Å². The lowest BCUT2D eigenvalue weighted by molar-refractivity contribution is -0.138. The van der Waals surface area contributed by atoms with Crippen LogP contribution in [0.5, 0.6) is 0 Å². The number of nitrogens with one attached hydrogen (secondary N) is 4. The van der Waals surface area contributed by atoms with Gasteiger partial charge in [0.05, 0.1) is 24.0 Å². The molecule has 290 valence electrons. The average Bonchev–Trinajstić information content (AvgIpc) is 3.83. The summed E-state index contributed by atoms with van der Waals surface area (Å²) in [7, 11) is 7.96. The van der Waals surface area contributed by atoms with Crippen molar-refractivity contribution in [2.24, 2.45) is 11.8 Å². The molecule has 2 aromatic carbocycles. The Morgan fingerprint density at radius 2 is 1.51 bits per heavy atom. The SMILES string of the molecule is CN(NCCCOCc1ccc2c3c(c[nH]c13)C[C@@H]1C2=C[C@@H](C(=O)N(C)NC2CCOCC2)CN1C)C(=O)[C@@H]1C=C2c3cccc4[nH]cc(c34)C[C@H]2N(C)C1. The zero-order chi connectivity index (χ0) is 37.8. The molecule has 0 radical (unpaired) electrons. The number of likely N-dealkylation sites (N-methyl/N-ethyl adjacent to an activating group) is 2. The number of hydrazine groups is 2. The van der Waals surface area contributed by atoms with Crippen molar-refractivity contribution < 1.29 is 19.1 Å². The lowest BCUT2D eigenvalue weighted by Crippen LogP contribution is -2.52. The van der Waals surface area contributed by atoms with Gasteiger partial charge in [-0.25, -0.2) is 10.9 Å². The minimum atomic E-state index is -0.218. The molecule has 1 saturated heterocycles. The van der Waals surface area contributed by atoms with Crippen molar-refractivity contribution in [3.05, 3.63) is 82.7 Å². The van der Waals surface area contributed by atoms with E-state index >= 15 is 0 Å². The van der Waals surface area contributed by atoms with Crippen molar-refractivity contribution in [3.8, 4) is 0 Å². The molecule has 12 heteroatoms. The van der Waals surface area contributed by atoms with Crippen LogP contribution in [0.1, 0.15) is 47.1 Å². The number of hydrogen-bond donors (Lipinski definition) is 4. The van der Waals surface area contributed by atoms with Crippen LogP contribution in [0.2, 0.25) is 0 Å². The number of fused-ring (bicyclic) bond motifs is 4. The van der Waals surface area contributed by atoms with E-state index in [1.165, 1.54) is 44.2 Å². The van der Waals surface area contributed by atoms with E-state index in [-0.39, 0.29) is 41.8 Å². The molecule has 0 spiro atoms. The van der Waals surface area contributed by atoms with E-state index in [0.29, 0.717) is 32.8 Å². The first kappa shape index (κ1) is 36.3. The Hall–Kier alpha value is -4.30. The zero-order valence-electron chi connectivity index (χ0n) is 32.5. The maximum absolute atomic E-state index is 13.6. The van der Waals surface area contributed by atoms with Crippen LogP contribution in [0.15, 0.2) is 54.9 Å². The van der Waals surface area contributed by atoms with Crippen LogP contribution in [-0.2, 0) is 38.5 Å². The van der Waals surface area contributed by atoms with E-state index in [1.54, 1.807) is 10.0 Å². The van der Waals surface area contributed by atoms with Crippen LogP contribution in [0, 0.1) is 11.8 Å². The second-order valence-electron chi connectivity index (χ2n) is 16.3. The normalized spacial score (nSPS) is 24.0. The number of benzene rings is 2. The minimum absolute atomic E-state index is 0.0769. The van der Waals surface area contributed by atoms with E-state index < -0.39 is 0 Å². The molecule has 2 aromatic heterocycles. The summed E-state index contributed by atoms with van der Waals surface area (Å²) in [5.41, 5.74) is 17.8. The predicted octanol–water partition coefficient (Wildman–Crippen LogP) is 4.10. The van der Waals surface area contributed by atoms with Gasteiger partial charge in [-0.1, -0.05) is 36.4 Å². The van der Waals surface area contributed by atoms with Crippen molar-refractivity contribution in [1.82, 2.24) is 40.6 Å². The third-order valence-corrected chi connectivity index (χ3v) is 12.7. The van der Waals surface area contributed by atoms with Gasteiger partial charge in [0.25, 0.3) is 0 Å². The lowest BCUT2D eigenvalue weighted by Gasteiger charge is -2.40. The van der Waals surface area contributed by atoms with Crippen LogP contribution >= 0.6 is 0 Å². The summed E-state index contributed by atoms with van der Waals surface area (Å²) in [5, 5.41) is 5.90. The average molecular weight is 747 g/mol. The Bertz CT molecular complexity index is 2160. The first-order chi connectivity index (χ1) is 26.7. The number of carbonyl (C=O) groups is 2. The molecular formula is C43H54N8O4. The van der Waals surface area contributed by atoms with Crippen molar-refractivity contribution >= 4 is 44.8 Å². The minimum Gasteiger partial charge on any atom is -0.381 e. The molecule has 55 heavy (non-hydrogen) atoms. The van der Waals surface area contributed by atoms with Crippen LogP contribution in [0.25, 0.3) is 33.0 Å². The Kier molecular flexibility index (Phi) is 9.90. The maximum Gasteiger partial charge on any atom is 0.244 e. The summed E-state index contributed by atoms with van der Waals surface area (Å²) in [6.07, 6.45) is 13.2. The molecule has 4 aromatic rings. The molecule has 2 aliphatic carbocycles. The number of aromatic nitrogens is 2. The smallest absolute Gasteiger partial charge is 0.244 e. The molecule has 4 N–H and O–H groups in total. The molecule has 2 amide bonds. The Balaban J connectivity index is 0.796. The summed E-state index contributed by atoms with van der Waals surface area (Å²) in [4.78, 5) is 38.9. The number of amides is 2. The van der Waals surface area contributed by atoms with Crippen molar-refractivity contribution in [1.29, 1.82) is 0 Å². The molecule has 4 atom stereocenters. The van der Waals surface area contributed by atoms with E-state index in [2.05, 4.69) is 99.6 Å². The second kappa shape index (κ2) is 15.0. The molecule has 0 bridgehead atoms. The van der Waals surface area contributed by atoms with Crippen molar-refractivity contribution in [2.75, 3.05) is 67.6 Å². The molecular weight excluding hydrogens is 693 g/mol. The molecule has 1 fully saturated rings. The number of ether oxygens (including phenoxy) is 2. The number of nitrogens with zero attached hydrogens (tertiary/aromatic N) is 4. The van der Waals surface area contributed by atoms with Crippen LogP contribution < -0.4 is 10.9 Å². The lowest BCUT2D eigenvalue weighted by atomic mass is 9.79. The predicted molar refractivity (Wildman–Crippen MR) is 215 cm³/mol. The summed E-state index contributed by atoms with van der Waals surface area (Å²) in [6.45, 7) is 4.57. The Morgan fingerprint density at radius 3 is 2.24 bits per heavy atom. The monoisotopic (exact) mass is 746 g/mol. The largest absolute Gasteiger partial charge is 0.381 e. The first-order valence-corrected chi connectivity index (χ1v) is 20.0. The molecule has 3 aliphatic heterocycles. The number of hydrogen-bond acceptors (Lipinski definition) is 8. The van der Waals surface area contributed by atoms with Gasteiger partial charge in [-0.2, -0.15) is 0 Å². The fraction of sp³-hybridized carbons (Fsp3) is 0.488. The molecule has 5 heterocycles. The van der Waals surface area contributed by atoms with E-state index in [9.17, 15) is 9.59 Å². The fourth-order valence-corrected chi connectivity index (χ4v) is 9.79. The summed E-state index contributed by atoms with van der Waals surface area (Å²) < 4.78 is 11.7. The maximum atomic E-state index is 13.6. The van der Waals surface area contributed by atoms with Gasteiger partial charge in [0.15, 0.2) is 0 Å². The number of carbonyl (C=O) groups excluding carboxylic acids is 2. The van der Waals surface area contributed by atoms with Gasteiger partial charge in [-0.3, -0.25) is 29.4 Å². The van der Waals surface area contributed by atoms with Gasteiger partial charge in [-0.15, -0.1) is 0 Å². The van der Waals surface area contributed by atoms with E-state index in [0.717, 1.165) is 61.9 Å². The number of aromatic amines is 2. The topological polar surface area (TPSA) is 121 Å². The van der Waals surface area contributed by atoms with Crippen molar-refractivity contribution in [3.63, 3.8) is 0 Å². The zero-order valence-corrected chi connectivity index (χ0v) is 32.5. The van der Waals surface area contributed by atoms with Gasteiger partial charge in [-0.05, 0) is 85.7 Å². The van der Waals surface area contributed by atoms with Crippen LogP contribution in [0.3, 0.4) is 0 Å². The van der Waals surface area contributed by atoms with Crippen LogP contribution in [0.4, 0.5) is 0 Å². The highest BCUT2D eigenvalue weighted by Gasteiger charge is 2.38. The van der Waals surface area contributed by atoms with Gasteiger partial charge in [0.1, 0.15) is 0 Å². The molecule has 12 nitrogen and oxygen atoms in total. The second-order valence-corrected chi connectivity index (χ2v) is 16.3. The summed E-state index contributed by atoms with van der Waals surface area (Å²) in [5.74, 6) is -0.256. The standard InChI is InChI=1S/C43H54N8O4/c1-48-23-29(17-34-32-7-5-8-36-39(32)27(21-44-36)19-37(34)48)42(52)50(3)46-13-6-14-55-25-26-9-10-33-35-18-30(43(53)51(4)47-31-11-15-54-16-12-31)24-49(2)38(35)20-28-22-45-41(26)40(28)33/h5,7-10,17-18,21-22,29-31,37-38,44-47H,6,11-16,19-20,23-25H2,1-4H3/t29-,30-,37-,38-/m1/s1. The highest BCUT2D eigenvalue weighted by molar-refractivity contribution is 6.01. The quantitative estimate of drug-likeness (QED) is 0.134. The van der Waals surface area contributed by atoms with Gasteiger partial charge >= 0.3 is 0 Å². The Morgan fingerprint density at radius 1 is 0.855 bits per heavy atom. The van der Waals surface area contributed by atoms with Gasteiger partial charge in [0, 0.05) is 106 Å². The highest BCUT2D eigenvalue weighted by atomic mass is 16.5. The van der Waals surface area contributed by atoms with E-state index in [4.69, 9.17) is 9.47 Å². The number of H-pyrrole nitrogens is 2. The molecule has 0 unspecified atom stereocenters. The molecule has 9 rings (SSSR count). The number of rotatable bonds is 11. The summed E-state index contributed by atoms with van der Waals surface area (Å²) >= 11 is 0. The molecule has 0 saturated carbocycles. The van der Waals surface area contributed by atoms with Crippen molar-refractivity contribution in [2.45, 2.75) is 56.8 Å². The third-order valence-electron chi connectivity index (χ3n) is 12.7. The highest BCUT2D eigenvalue weighted by Crippen LogP contribution is 2.43. The molecule has 5 aliphatic rings.